The van der Waals surface area contributed by atoms with Gasteiger partial charge in [-0.3, -0.25) is 0 Å². The molecule has 0 saturated heterocycles. The van der Waals surface area contributed by atoms with E-state index in [-0.39, 0.29) is 0 Å². The summed E-state index contributed by atoms with van der Waals surface area (Å²) in [7, 11) is 1.99. The molecule has 1 saturated carbocycles. The standard InChI is InChI=1S/C12H16N4O/c1-13-10(8-4-5-8)7-11-15-12(16-17-11)9-3-2-6-14-9/h2-3,6,8,10,13-14H,4-5,7H2,1H3. The molecule has 0 spiro atoms. The fraction of sp³-hybridized carbons (Fsp3) is 0.500. The lowest BCUT2D eigenvalue weighted by atomic mass is 10.1. The monoisotopic (exact) mass is 232 g/mol. The average molecular weight is 232 g/mol. The van der Waals surface area contributed by atoms with Gasteiger partial charge in [0.15, 0.2) is 0 Å². The number of aromatic nitrogens is 3. The molecule has 5 heteroatoms. The maximum Gasteiger partial charge on any atom is 0.228 e. The Labute approximate surface area is 99.6 Å². The molecule has 3 rings (SSSR count). The Kier molecular flexibility index (Phi) is 2.68. The van der Waals surface area contributed by atoms with E-state index in [1.807, 2.05) is 25.4 Å². The Hall–Kier alpha value is -1.62. The van der Waals surface area contributed by atoms with Gasteiger partial charge in [0.05, 0.1) is 5.69 Å². The molecule has 0 aromatic carbocycles. The fourth-order valence-electron chi connectivity index (χ4n) is 2.11. The molecule has 1 atom stereocenters. The zero-order valence-electron chi connectivity index (χ0n) is 9.81. The van der Waals surface area contributed by atoms with Crippen LogP contribution in [0.3, 0.4) is 0 Å². The molecule has 0 radical (unpaired) electrons. The van der Waals surface area contributed by atoms with Gasteiger partial charge in [0.2, 0.25) is 11.7 Å². The quantitative estimate of drug-likeness (QED) is 0.821. The number of nitrogens with one attached hydrogen (secondary N) is 2. The highest BCUT2D eigenvalue weighted by molar-refractivity contribution is 5.47. The second-order valence-electron chi connectivity index (χ2n) is 4.53. The molecule has 0 bridgehead atoms. The minimum absolute atomic E-state index is 0.465. The Morgan fingerprint density at radius 1 is 1.59 bits per heavy atom. The number of likely N-dealkylation sites (N-methyl/N-ethyl adjacent to an activating group) is 1. The SMILES string of the molecule is CNC(Cc1nc(-c2ccc[nH]2)no1)C1CC1. The van der Waals surface area contributed by atoms with Crippen molar-refractivity contribution in [2.45, 2.75) is 25.3 Å². The molecule has 1 aliphatic rings. The van der Waals surface area contributed by atoms with Crippen molar-refractivity contribution >= 4 is 0 Å². The third-order valence-corrected chi connectivity index (χ3v) is 3.26. The van der Waals surface area contributed by atoms with Crippen LogP contribution in [0.25, 0.3) is 11.5 Å². The molecule has 2 heterocycles. The van der Waals surface area contributed by atoms with Gasteiger partial charge < -0.3 is 14.8 Å². The second-order valence-corrected chi connectivity index (χ2v) is 4.53. The topological polar surface area (TPSA) is 66.7 Å². The lowest BCUT2D eigenvalue weighted by Crippen LogP contribution is -2.29. The molecule has 2 aromatic heterocycles. The molecule has 1 fully saturated rings. The molecule has 2 N–H and O–H groups in total. The number of aromatic amines is 1. The second kappa shape index (κ2) is 4.33. The summed E-state index contributed by atoms with van der Waals surface area (Å²) < 4.78 is 5.28. The molecule has 0 aliphatic heterocycles. The van der Waals surface area contributed by atoms with Crippen molar-refractivity contribution in [3.05, 3.63) is 24.2 Å². The fourth-order valence-corrected chi connectivity index (χ4v) is 2.11. The number of H-pyrrole nitrogens is 1. The van der Waals surface area contributed by atoms with Crippen LogP contribution in [0.1, 0.15) is 18.7 Å². The zero-order chi connectivity index (χ0) is 11.7. The lowest BCUT2D eigenvalue weighted by Gasteiger charge is -2.11. The van der Waals surface area contributed by atoms with Crippen LogP contribution in [0, 0.1) is 5.92 Å². The van der Waals surface area contributed by atoms with E-state index < -0.39 is 0 Å². The Bertz CT molecular complexity index is 472. The van der Waals surface area contributed by atoms with Crippen LogP contribution in [-0.4, -0.2) is 28.2 Å². The summed E-state index contributed by atoms with van der Waals surface area (Å²) >= 11 is 0. The molecule has 1 aliphatic carbocycles. The highest BCUT2D eigenvalue weighted by Crippen LogP contribution is 2.33. The highest BCUT2D eigenvalue weighted by Gasteiger charge is 2.31. The van der Waals surface area contributed by atoms with Crippen molar-refractivity contribution in [3.8, 4) is 11.5 Å². The van der Waals surface area contributed by atoms with Crippen molar-refractivity contribution < 1.29 is 4.52 Å². The van der Waals surface area contributed by atoms with Gasteiger partial charge in [-0.05, 0) is 37.9 Å². The molecular weight excluding hydrogens is 216 g/mol. The minimum Gasteiger partial charge on any atom is -0.359 e. The minimum atomic E-state index is 0.465. The summed E-state index contributed by atoms with van der Waals surface area (Å²) in [5.74, 6) is 2.12. The molecule has 90 valence electrons. The third kappa shape index (κ3) is 2.24. The average Bonchev–Trinajstić information content (AvgIpc) is 2.88. The van der Waals surface area contributed by atoms with E-state index in [4.69, 9.17) is 4.52 Å². The first kappa shape index (κ1) is 10.5. The van der Waals surface area contributed by atoms with E-state index in [1.54, 1.807) is 0 Å². The van der Waals surface area contributed by atoms with Crippen LogP contribution in [0.2, 0.25) is 0 Å². The van der Waals surface area contributed by atoms with Crippen LogP contribution >= 0.6 is 0 Å². The van der Waals surface area contributed by atoms with Crippen LogP contribution in [0.15, 0.2) is 22.9 Å². The van der Waals surface area contributed by atoms with Gasteiger partial charge in [0.1, 0.15) is 0 Å². The van der Waals surface area contributed by atoms with E-state index in [0.717, 1.165) is 18.0 Å². The predicted molar refractivity (Wildman–Crippen MR) is 63.4 cm³/mol. The van der Waals surface area contributed by atoms with E-state index in [9.17, 15) is 0 Å². The summed E-state index contributed by atoms with van der Waals surface area (Å²) in [6, 6.07) is 4.32. The predicted octanol–water partition coefficient (Wildman–Crippen LogP) is 1.61. The number of rotatable bonds is 5. The maximum absolute atomic E-state index is 5.28. The largest absolute Gasteiger partial charge is 0.359 e. The van der Waals surface area contributed by atoms with Gasteiger partial charge >= 0.3 is 0 Å². The number of nitrogens with zero attached hydrogens (tertiary/aromatic N) is 2. The molecule has 17 heavy (non-hydrogen) atoms. The van der Waals surface area contributed by atoms with E-state index in [0.29, 0.717) is 17.8 Å². The Morgan fingerprint density at radius 3 is 3.12 bits per heavy atom. The van der Waals surface area contributed by atoms with Gasteiger partial charge in [-0.15, -0.1) is 0 Å². The van der Waals surface area contributed by atoms with Crippen molar-refractivity contribution in [2.24, 2.45) is 5.92 Å². The van der Waals surface area contributed by atoms with Crippen LogP contribution in [0.5, 0.6) is 0 Å². The third-order valence-electron chi connectivity index (χ3n) is 3.26. The maximum atomic E-state index is 5.28. The first-order valence-electron chi connectivity index (χ1n) is 6.00. The molecular formula is C12H16N4O. The first-order chi connectivity index (χ1) is 8.36. The van der Waals surface area contributed by atoms with Gasteiger partial charge in [-0.1, -0.05) is 5.16 Å². The first-order valence-corrected chi connectivity index (χ1v) is 6.00. The van der Waals surface area contributed by atoms with Crippen molar-refractivity contribution in [2.75, 3.05) is 7.05 Å². The molecule has 1 unspecified atom stereocenters. The summed E-state index contributed by atoms with van der Waals surface area (Å²) in [5, 5.41) is 7.30. The van der Waals surface area contributed by atoms with Crippen LogP contribution in [-0.2, 0) is 6.42 Å². The summed E-state index contributed by atoms with van der Waals surface area (Å²) in [6.45, 7) is 0. The number of hydrogen-bond donors (Lipinski definition) is 2. The van der Waals surface area contributed by atoms with Gasteiger partial charge in [0.25, 0.3) is 0 Å². The zero-order valence-corrected chi connectivity index (χ0v) is 9.81. The normalized spacial score (nSPS) is 17.2. The summed E-state index contributed by atoms with van der Waals surface area (Å²) in [4.78, 5) is 7.47. The molecule has 2 aromatic rings. The summed E-state index contributed by atoms with van der Waals surface area (Å²) in [5.41, 5.74) is 0.896. The highest BCUT2D eigenvalue weighted by atomic mass is 16.5. The van der Waals surface area contributed by atoms with Crippen LogP contribution in [0.4, 0.5) is 0 Å². The lowest BCUT2D eigenvalue weighted by molar-refractivity contribution is 0.352. The van der Waals surface area contributed by atoms with Gasteiger partial charge in [-0.2, -0.15) is 4.98 Å². The van der Waals surface area contributed by atoms with Crippen molar-refractivity contribution in [1.82, 2.24) is 20.4 Å². The van der Waals surface area contributed by atoms with Crippen LogP contribution < -0.4 is 5.32 Å². The van der Waals surface area contributed by atoms with Crippen molar-refractivity contribution in [3.63, 3.8) is 0 Å². The van der Waals surface area contributed by atoms with E-state index >= 15 is 0 Å². The number of hydrogen-bond acceptors (Lipinski definition) is 4. The Morgan fingerprint density at radius 2 is 2.47 bits per heavy atom. The Balaban J connectivity index is 1.71. The van der Waals surface area contributed by atoms with Gasteiger partial charge in [-0.25, -0.2) is 0 Å². The molecule has 0 amide bonds. The van der Waals surface area contributed by atoms with Gasteiger partial charge in [0, 0.05) is 18.7 Å². The molecule has 5 nitrogen and oxygen atoms in total. The smallest absolute Gasteiger partial charge is 0.228 e. The van der Waals surface area contributed by atoms with Crippen molar-refractivity contribution in [1.29, 1.82) is 0 Å². The van der Waals surface area contributed by atoms with E-state index in [2.05, 4.69) is 20.4 Å². The van der Waals surface area contributed by atoms with E-state index in [1.165, 1.54) is 12.8 Å². The summed E-state index contributed by atoms with van der Waals surface area (Å²) in [6.07, 6.45) is 5.28.